The Bertz CT molecular complexity index is 315. The summed E-state index contributed by atoms with van der Waals surface area (Å²) in [5, 5.41) is 0. The van der Waals surface area contributed by atoms with Crippen LogP contribution in [0.5, 0.6) is 0 Å². The van der Waals surface area contributed by atoms with Crippen LogP contribution in [0.3, 0.4) is 0 Å². The van der Waals surface area contributed by atoms with E-state index in [0.29, 0.717) is 12.5 Å². The predicted molar refractivity (Wildman–Crippen MR) is 97.8 cm³/mol. The summed E-state index contributed by atoms with van der Waals surface area (Å²) in [7, 11) is 0. The van der Waals surface area contributed by atoms with E-state index < -0.39 is 11.9 Å². The zero-order chi connectivity index (χ0) is 18.0. The van der Waals surface area contributed by atoms with Gasteiger partial charge in [0.25, 0.3) is 0 Å². The Morgan fingerprint density at radius 2 is 1.25 bits per heavy atom. The van der Waals surface area contributed by atoms with E-state index in [0.717, 1.165) is 12.8 Å². The van der Waals surface area contributed by atoms with Crippen LogP contribution in [-0.2, 0) is 19.1 Å². The fourth-order valence-corrected chi connectivity index (χ4v) is 2.80. The highest BCUT2D eigenvalue weighted by molar-refractivity contribution is 5.75. The molecule has 0 aromatic heterocycles. The molecule has 1 unspecified atom stereocenters. The van der Waals surface area contributed by atoms with Crippen molar-refractivity contribution in [2.45, 2.75) is 97.8 Å². The molecule has 24 heavy (non-hydrogen) atoms. The van der Waals surface area contributed by atoms with Gasteiger partial charge < -0.3 is 9.47 Å². The molecule has 0 aromatic rings. The molecule has 4 heteroatoms. The van der Waals surface area contributed by atoms with Crippen LogP contribution in [0.4, 0.5) is 0 Å². The van der Waals surface area contributed by atoms with E-state index in [1.165, 1.54) is 71.1 Å². The van der Waals surface area contributed by atoms with Crippen LogP contribution in [0, 0.1) is 5.92 Å². The molecule has 0 spiro atoms. The zero-order valence-electron chi connectivity index (χ0n) is 16.1. The van der Waals surface area contributed by atoms with Crippen LogP contribution in [0.1, 0.15) is 97.8 Å². The molecule has 0 saturated carbocycles. The van der Waals surface area contributed by atoms with E-state index >= 15 is 0 Å². The lowest BCUT2D eigenvalue weighted by Gasteiger charge is -2.17. The van der Waals surface area contributed by atoms with Crippen molar-refractivity contribution in [1.29, 1.82) is 0 Å². The van der Waals surface area contributed by atoms with Crippen LogP contribution in [0.15, 0.2) is 0 Å². The number of carbonyl (C=O) groups excluding carboxylic acids is 2. The topological polar surface area (TPSA) is 52.6 Å². The van der Waals surface area contributed by atoms with Gasteiger partial charge in [0.15, 0.2) is 6.61 Å². The Labute approximate surface area is 148 Å². The largest absolute Gasteiger partial charge is 0.463 e. The first kappa shape index (κ1) is 22.9. The minimum atomic E-state index is -0.449. The van der Waals surface area contributed by atoms with Gasteiger partial charge in [-0.3, -0.25) is 4.79 Å². The Morgan fingerprint density at radius 1 is 0.750 bits per heavy atom. The van der Waals surface area contributed by atoms with E-state index in [1.807, 2.05) is 0 Å². The third-order valence-corrected chi connectivity index (χ3v) is 4.31. The van der Waals surface area contributed by atoms with Crippen LogP contribution >= 0.6 is 0 Å². The monoisotopic (exact) mass is 342 g/mol. The van der Waals surface area contributed by atoms with Crippen LogP contribution < -0.4 is 0 Å². The van der Waals surface area contributed by atoms with E-state index in [9.17, 15) is 9.59 Å². The van der Waals surface area contributed by atoms with Crippen molar-refractivity contribution in [3.8, 4) is 0 Å². The summed E-state index contributed by atoms with van der Waals surface area (Å²) < 4.78 is 9.96. The SMILES string of the molecule is CCCCCCCCC(CCCCCC)COC(=O)COC(C)=O. The fraction of sp³-hybridized carbons (Fsp3) is 0.900. The molecule has 0 aromatic carbocycles. The highest BCUT2D eigenvalue weighted by atomic mass is 16.6. The minimum Gasteiger partial charge on any atom is -0.463 e. The Hall–Kier alpha value is -1.06. The maximum absolute atomic E-state index is 11.6. The third kappa shape index (κ3) is 15.8. The van der Waals surface area contributed by atoms with Gasteiger partial charge in [0.05, 0.1) is 6.61 Å². The van der Waals surface area contributed by atoms with E-state index in [4.69, 9.17) is 4.74 Å². The number of rotatable bonds is 16. The van der Waals surface area contributed by atoms with Gasteiger partial charge in [-0.25, -0.2) is 4.79 Å². The predicted octanol–water partition coefficient (Wildman–Crippen LogP) is 5.43. The number of unbranched alkanes of at least 4 members (excludes halogenated alkanes) is 8. The zero-order valence-corrected chi connectivity index (χ0v) is 16.1. The average Bonchev–Trinajstić information content (AvgIpc) is 2.56. The molecule has 0 radical (unpaired) electrons. The van der Waals surface area contributed by atoms with Crippen LogP contribution in [-0.4, -0.2) is 25.2 Å². The molecule has 4 nitrogen and oxygen atoms in total. The summed E-state index contributed by atoms with van der Waals surface area (Å²) in [5.74, 6) is -0.448. The summed E-state index contributed by atoms with van der Waals surface area (Å²) in [5.41, 5.74) is 0. The quantitative estimate of drug-likeness (QED) is 0.277. The highest BCUT2D eigenvalue weighted by Crippen LogP contribution is 2.19. The van der Waals surface area contributed by atoms with E-state index in [1.54, 1.807) is 0 Å². The normalized spacial score (nSPS) is 12.0. The Balaban J connectivity index is 3.98. The van der Waals surface area contributed by atoms with Gasteiger partial charge in [-0.05, 0) is 18.8 Å². The molecule has 0 rings (SSSR count). The molecule has 0 N–H and O–H groups in total. The molecule has 0 fully saturated rings. The molecule has 0 amide bonds. The molecule has 0 saturated heterocycles. The van der Waals surface area contributed by atoms with E-state index in [2.05, 4.69) is 18.6 Å². The molecular weight excluding hydrogens is 304 g/mol. The third-order valence-electron chi connectivity index (χ3n) is 4.31. The first-order valence-corrected chi connectivity index (χ1v) is 9.89. The lowest BCUT2D eigenvalue weighted by molar-refractivity contribution is -0.158. The van der Waals surface area contributed by atoms with Gasteiger partial charge in [0, 0.05) is 6.92 Å². The molecule has 0 heterocycles. The van der Waals surface area contributed by atoms with Crippen molar-refractivity contribution >= 4 is 11.9 Å². The number of esters is 2. The van der Waals surface area contributed by atoms with E-state index in [-0.39, 0.29) is 6.61 Å². The Morgan fingerprint density at radius 3 is 1.79 bits per heavy atom. The minimum absolute atomic E-state index is 0.269. The Kier molecular flexibility index (Phi) is 16.0. The molecular formula is C20H38O4. The van der Waals surface area contributed by atoms with Crippen LogP contribution in [0.2, 0.25) is 0 Å². The van der Waals surface area contributed by atoms with Gasteiger partial charge in [-0.15, -0.1) is 0 Å². The highest BCUT2D eigenvalue weighted by Gasteiger charge is 2.13. The van der Waals surface area contributed by atoms with Gasteiger partial charge in [-0.2, -0.15) is 0 Å². The number of carbonyl (C=O) groups is 2. The summed E-state index contributed by atoms with van der Waals surface area (Å²) in [6, 6.07) is 0. The first-order chi connectivity index (χ1) is 11.6. The first-order valence-electron chi connectivity index (χ1n) is 9.89. The van der Waals surface area contributed by atoms with Crippen molar-refractivity contribution in [2.75, 3.05) is 13.2 Å². The van der Waals surface area contributed by atoms with Gasteiger partial charge in [-0.1, -0.05) is 78.1 Å². The molecule has 0 aliphatic rings. The standard InChI is InChI=1S/C20H38O4/c1-4-6-8-10-11-13-15-19(14-12-9-7-5-2)16-24-20(22)17-23-18(3)21/h19H,4-17H2,1-3H3. The number of hydrogen-bond donors (Lipinski definition) is 0. The lowest BCUT2D eigenvalue weighted by Crippen LogP contribution is -2.19. The van der Waals surface area contributed by atoms with Crippen molar-refractivity contribution < 1.29 is 19.1 Å². The second kappa shape index (κ2) is 16.8. The summed E-state index contributed by atoms with van der Waals surface area (Å²) in [6.45, 7) is 5.93. The second-order valence-corrected chi connectivity index (χ2v) is 6.74. The second-order valence-electron chi connectivity index (χ2n) is 6.74. The smallest absolute Gasteiger partial charge is 0.344 e. The fourth-order valence-electron chi connectivity index (χ4n) is 2.80. The maximum Gasteiger partial charge on any atom is 0.344 e. The van der Waals surface area contributed by atoms with Gasteiger partial charge in [0.1, 0.15) is 0 Å². The van der Waals surface area contributed by atoms with Crippen molar-refractivity contribution in [1.82, 2.24) is 0 Å². The molecule has 1 atom stereocenters. The average molecular weight is 343 g/mol. The van der Waals surface area contributed by atoms with Crippen LogP contribution in [0.25, 0.3) is 0 Å². The summed E-state index contributed by atoms with van der Waals surface area (Å²) >= 11 is 0. The van der Waals surface area contributed by atoms with Gasteiger partial charge >= 0.3 is 11.9 Å². The summed E-state index contributed by atoms with van der Waals surface area (Å²) in [6.07, 6.45) is 14.9. The molecule has 142 valence electrons. The van der Waals surface area contributed by atoms with Crippen molar-refractivity contribution in [3.63, 3.8) is 0 Å². The maximum atomic E-state index is 11.6. The van der Waals surface area contributed by atoms with Crippen molar-refractivity contribution in [2.24, 2.45) is 5.92 Å². The summed E-state index contributed by atoms with van der Waals surface area (Å²) in [4.78, 5) is 22.3. The number of ether oxygens (including phenoxy) is 2. The number of hydrogen-bond acceptors (Lipinski definition) is 4. The lowest BCUT2D eigenvalue weighted by atomic mass is 9.95. The van der Waals surface area contributed by atoms with Gasteiger partial charge in [0.2, 0.25) is 0 Å². The molecule has 0 aliphatic heterocycles. The molecule has 0 bridgehead atoms. The molecule has 0 aliphatic carbocycles. The van der Waals surface area contributed by atoms with Crippen molar-refractivity contribution in [3.05, 3.63) is 0 Å².